The van der Waals surface area contributed by atoms with Crippen LogP contribution in [0.15, 0.2) is 18.3 Å². The molecule has 0 spiro atoms. The van der Waals surface area contributed by atoms with Gasteiger partial charge in [-0.15, -0.1) is 0 Å². The highest BCUT2D eigenvalue weighted by atomic mass is 16.5. The fraction of sp³-hybridized carbons (Fsp3) is 0.455. The summed E-state index contributed by atoms with van der Waals surface area (Å²) in [5, 5.41) is 0. The van der Waals surface area contributed by atoms with Gasteiger partial charge in [-0.25, -0.2) is 4.98 Å². The van der Waals surface area contributed by atoms with Crippen molar-refractivity contribution in [3.63, 3.8) is 0 Å². The van der Waals surface area contributed by atoms with E-state index >= 15 is 0 Å². The van der Waals surface area contributed by atoms with E-state index in [2.05, 4.69) is 4.98 Å². The van der Waals surface area contributed by atoms with Crippen LogP contribution in [0, 0.1) is 5.92 Å². The molecule has 5 nitrogen and oxygen atoms in total. The average molecular weight is 221 g/mol. The van der Waals surface area contributed by atoms with Crippen LogP contribution in [0.25, 0.3) is 0 Å². The number of pyridine rings is 1. The van der Waals surface area contributed by atoms with Crippen LogP contribution in [0.2, 0.25) is 0 Å². The molecule has 2 atom stereocenters. The lowest BCUT2D eigenvalue weighted by molar-refractivity contribution is -0.128. The zero-order chi connectivity index (χ0) is 11.7. The van der Waals surface area contributed by atoms with Gasteiger partial charge in [0.05, 0.1) is 0 Å². The first-order valence-electron chi connectivity index (χ1n) is 5.24. The van der Waals surface area contributed by atoms with Gasteiger partial charge in [0.25, 0.3) is 5.91 Å². The molecule has 0 radical (unpaired) electrons. The SMILES string of the molecule is CC(CN)C1Oc2cccnc2N(C)C1=O. The van der Waals surface area contributed by atoms with Crippen LogP contribution in [-0.4, -0.2) is 30.6 Å². The molecule has 0 bridgehead atoms. The van der Waals surface area contributed by atoms with Crippen LogP contribution in [0.4, 0.5) is 5.82 Å². The summed E-state index contributed by atoms with van der Waals surface area (Å²) < 4.78 is 5.63. The van der Waals surface area contributed by atoms with E-state index in [-0.39, 0.29) is 11.8 Å². The third-order valence-electron chi connectivity index (χ3n) is 2.79. The molecule has 1 aliphatic heterocycles. The average Bonchev–Trinajstić information content (AvgIpc) is 2.33. The summed E-state index contributed by atoms with van der Waals surface area (Å²) in [6.07, 6.45) is 1.13. The van der Waals surface area contributed by atoms with Crippen LogP contribution in [0.1, 0.15) is 6.92 Å². The van der Waals surface area contributed by atoms with Crippen molar-refractivity contribution < 1.29 is 9.53 Å². The molecule has 86 valence electrons. The summed E-state index contributed by atoms with van der Waals surface area (Å²) in [5.41, 5.74) is 5.56. The van der Waals surface area contributed by atoms with Crippen molar-refractivity contribution in [3.8, 4) is 5.75 Å². The molecule has 2 heterocycles. The lowest BCUT2D eigenvalue weighted by Gasteiger charge is -2.33. The van der Waals surface area contributed by atoms with E-state index in [9.17, 15) is 4.79 Å². The molecular formula is C11H15N3O2. The number of rotatable bonds is 2. The Morgan fingerprint density at radius 2 is 2.44 bits per heavy atom. The van der Waals surface area contributed by atoms with Gasteiger partial charge in [-0.3, -0.25) is 9.69 Å². The molecule has 0 saturated carbocycles. The van der Waals surface area contributed by atoms with E-state index in [1.165, 1.54) is 4.90 Å². The zero-order valence-electron chi connectivity index (χ0n) is 9.38. The monoisotopic (exact) mass is 221 g/mol. The zero-order valence-corrected chi connectivity index (χ0v) is 9.38. The summed E-state index contributed by atoms with van der Waals surface area (Å²) in [4.78, 5) is 17.6. The van der Waals surface area contributed by atoms with E-state index in [1.54, 1.807) is 19.3 Å². The number of nitrogens with zero attached hydrogens (tertiary/aromatic N) is 2. The molecule has 0 aliphatic carbocycles. The number of hydrogen-bond acceptors (Lipinski definition) is 4. The molecule has 2 N–H and O–H groups in total. The second kappa shape index (κ2) is 4.09. The van der Waals surface area contributed by atoms with Crippen molar-refractivity contribution in [1.29, 1.82) is 0 Å². The van der Waals surface area contributed by atoms with Gasteiger partial charge in [0.15, 0.2) is 17.7 Å². The van der Waals surface area contributed by atoms with Crippen molar-refractivity contribution in [2.75, 3.05) is 18.5 Å². The number of likely N-dealkylation sites (N-methyl/N-ethyl adjacent to an activating group) is 1. The van der Waals surface area contributed by atoms with Crippen molar-refractivity contribution in [2.24, 2.45) is 11.7 Å². The Hall–Kier alpha value is -1.62. The maximum atomic E-state index is 12.0. The molecule has 0 aromatic carbocycles. The summed E-state index contributed by atoms with van der Waals surface area (Å²) in [6, 6.07) is 3.59. The summed E-state index contributed by atoms with van der Waals surface area (Å²) in [5.74, 6) is 1.09. The van der Waals surface area contributed by atoms with Crippen LogP contribution in [-0.2, 0) is 4.79 Å². The van der Waals surface area contributed by atoms with Gasteiger partial charge in [0.1, 0.15) is 0 Å². The highest BCUT2D eigenvalue weighted by Crippen LogP contribution is 2.32. The maximum Gasteiger partial charge on any atom is 0.269 e. The molecule has 16 heavy (non-hydrogen) atoms. The molecule has 1 aliphatic rings. The van der Waals surface area contributed by atoms with Gasteiger partial charge >= 0.3 is 0 Å². The predicted molar refractivity (Wildman–Crippen MR) is 60.3 cm³/mol. The predicted octanol–water partition coefficient (Wildman–Crippen LogP) is 0.400. The number of anilines is 1. The van der Waals surface area contributed by atoms with Crippen LogP contribution >= 0.6 is 0 Å². The number of amides is 1. The minimum absolute atomic E-state index is 0.0108. The third kappa shape index (κ3) is 1.63. The third-order valence-corrected chi connectivity index (χ3v) is 2.79. The number of ether oxygens (including phenoxy) is 1. The van der Waals surface area contributed by atoms with Crippen LogP contribution in [0.5, 0.6) is 5.75 Å². The molecule has 2 rings (SSSR count). The second-order valence-corrected chi connectivity index (χ2v) is 3.97. The lowest BCUT2D eigenvalue weighted by Crippen LogP contribution is -2.49. The molecule has 0 fully saturated rings. The smallest absolute Gasteiger partial charge is 0.269 e. The first-order valence-corrected chi connectivity index (χ1v) is 5.24. The van der Waals surface area contributed by atoms with Gasteiger partial charge in [0, 0.05) is 19.2 Å². The minimum Gasteiger partial charge on any atom is -0.476 e. The topological polar surface area (TPSA) is 68.5 Å². The van der Waals surface area contributed by atoms with Crippen LogP contribution in [0.3, 0.4) is 0 Å². The van der Waals surface area contributed by atoms with E-state index in [0.29, 0.717) is 18.1 Å². The minimum atomic E-state index is -0.508. The Labute approximate surface area is 94.2 Å². The number of carbonyl (C=O) groups excluding carboxylic acids is 1. The fourth-order valence-electron chi connectivity index (χ4n) is 1.69. The molecule has 5 heteroatoms. The summed E-state index contributed by atoms with van der Waals surface area (Å²) in [6.45, 7) is 2.32. The maximum absolute atomic E-state index is 12.0. The van der Waals surface area contributed by atoms with Crippen molar-refractivity contribution >= 4 is 11.7 Å². The molecular weight excluding hydrogens is 206 g/mol. The Kier molecular flexibility index (Phi) is 2.78. The number of fused-ring (bicyclic) bond motifs is 1. The first-order chi connectivity index (χ1) is 7.65. The number of carbonyl (C=O) groups is 1. The largest absolute Gasteiger partial charge is 0.476 e. The van der Waals surface area contributed by atoms with Gasteiger partial charge in [0.2, 0.25) is 0 Å². The Balaban J connectivity index is 2.35. The molecule has 1 amide bonds. The second-order valence-electron chi connectivity index (χ2n) is 3.97. The number of hydrogen-bond donors (Lipinski definition) is 1. The quantitative estimate of drug-likeness (QED) is 0.785. The van der Waals surface area contributed by atoms with Gasteiger partial charge < -0.3 is 10.5 Å². The number of aromatic nitrogens is 1. The highest BCUT2D eigenvalue weighted by Gasteiger charge is 2.35. The van der Waals surface area contributed by atoms with E-state index in [0.717, 1.165) is 0 Å². The van der Waals surface area contributed by atoms with Gasteiger partial charge in [-0.05, 0) is 18.7 Å². The van der Waals surface area contributed by atoms with Gasteiger partial charge in [-0.1, -0.05) is 6.92 Å². The Morgan fingerprint density at radius 1 is 1.69 bits per heavy atom. The lowest BCUT2D eigenvalue weighted by atomic mass is 10.0. The Bertz CT molecular complexity index is 408. The summed E-state index contributed by atoms with van der Waals surface area (Å²) in [7, 11) is 1.70. The van der Waals surface area contributed by atoms with E-state index in [1.807, 2.05) is 13.0 Å². The van der Waals surface area contributed by atoms with Crippen molar-refractivity contribution in [2.45, 2.75) is 13.0 Å². The van der Waals surface area contributed by atoms with Crippen molar-refractivity contribution in [1.82, 2.24) is 4.98 Å². The molecule has 1 aromatic heterocycles. The first kappa shape index (κ1) is 10.9. The van der Waals surface area contributed by atoms with Gasteiger partial charge in [-0.2, -0.15) is 0 Å². The van der Waals surface area contributed by atoms with Crippen molar-refractivity contribution in [3.05, 3.63) is 18.3 Å². The molecule has 1 aromatic rings. The van der Waals surface area contributed by atoms with E-state index in [4.69, 9.17) is 10.5 Å². The summed E-state index contributed by atoms with van der Waals surface area (Å²) >= 11 is 0. The molecule has 0 saturated heterocycles. The highest BCUT2D eigenvalue weighted by molar-refractivity contribution is 5.98. The van der Waals surface area contributed by atoms with Crippen LogP contribution < -0.4 is 15.4 Å². The standard InChI is InChI=1S/C11H15N3O2/c1-7(6-12)9-11(15)14(2)10-8(16-9)4-3-5-13-10/h3-5,7,9H,6,12H2,1-2H3. The van der Waals surface area contributed by atoms with E-state index < -0.39 is 6.10 Å². The normalized spacial score (nSPS) is 21.3. The molecule has 2 unspecified atom stereocenters. The number of nitrogens with two attached hydrogens (primary N) is 1. The Morgan fingerprint density at radius 3 is 3.12 bits per heavy atom. The fourth-order valence-corrected chi connectivity index (χ4v) is 1.69.